The Morgan fingerprint density at radius 2 is 1.90 bits per heavy atom. The van der Waals surface area contributed by atoms with E-state index >= 15 is 0 Å². The molecule has 1 atom stereocenters. The number of rotatable bonds is 3. The Balaban J connectivity index is 2.04. The Labute approximate surface area is 130 Å². The molecule has 0 aliphatic carbocycles. The molecule has 0 saturated heterocycles. The van der Waals surface area contributed by atoms with E-state index in [4.69, 9.17) is 0 Å². The van der Waals surface area contributed by atoms with Crippen molar-refractivity contribution in [1.29, 1.82) is 0 Å². The number of benzene rings is 1. The summed E-state index contributed by atoms with van der Waals surface area (Å²) in [5.74, 6) is 0. The number of nitrogens with zero attached hydrogens (tertiary/aromatic N) is 2. The molecule has 1 aromatic carbocycles. The minimum absolute atomic E-state index is 0.527. The molecule has 0 saturated carbocycles. The van der Waals surface area contributed by atoms with Crippen LogP contribution in [0.25, 0.3) is 5.57 Å². The van der Waals surface area contributed by atoms with Crippen molar-refractivity contribution in [2.75, 3.05) is 14.1 Å². The average molecular weight is 296 g/mol. The molecule has 0 N–H and O–H groups in total. The van der Waals surface area contributed by atoms with Gasteiger partial charge < -0.3 is 4.90 Å². The summed E-state index contributed by atoms with van der Waals surface area (Å²) in [7, 11) is 4.26. The van der Waals surface area contributed by atoms with E-state index in [-0.39, 0.29) is 0 Å². The summed E-state index contributed by atoms with van der Waals surface area (Å²) >= 11 is 1.76. The standard InChI is InChI=1S/C18H20N2S/c1-13(20(2)3)10-11-14-15-7-4-5-9-17(15)21-18-16(14)8-6-12-19-18/h4-9,11-13H,10H2,1-3H3. The molecule has 108 valence electrons. The van der Waals surface area contributed by atoms with Gasteiger partial charge in [0.2, 0.25) is 0 Å². The van der Waals surface area contributed by atoms with Gasteiger partial charge in [-0.05, 0) is 50.7 Å². The zero-order chi connectivity index (χ0) is 14.8. The molecule has 0 spiro atoms. The van der Waals surface area contributed by atoms with Crippen molar-refractivity contribution < 1.29 is 0 Å². The Bertz CT molecular complexity index is 629. The van der Waals surface area contributed by atoms with E-state index < -0.39 is 0 Å². The summed E-state index contributed by atoms with van der Waals surface area (Å²) in [5.41, 5.74) is 3.90. The third-order valence-corrected chi connectivity index (χ3v) is 5.08. The van der Waals surface area contributed by atoms with Gasteiger partial charge in [-0.1, -0.05) is 42.1 Å². The third-order valence-electron chi connectivity index (χ3n) is 3.99. The fourth-order valence-electron chi connectivity index (χ4n) is 2.42. The number of hydrogen-bond acceptors (Lipinski definition) is 3. The molecule has 2 heterocycles. The van der Waals surface area contributed by atoms with Crippen LogP contribution in [-0.4, -0.2) is 30.0 Å². The summed E-state index contributed by atoms with van der Waals surface area (Å²) in [6.07, 6.45) is 5.28. The zero-order valence-electron chi connectivity index (χ0n) is 12.7. The molecule has 0 radical (unpaired) electrons. The van der Waals surface area contributed by atoms with Crippen LogP contribution in [0.3, 0.4) is 0 Å². The second-order valence-electron chi connectivity index (χ2n) is 5.62. The van der Waals surface area contributed by atoms with Crippen molar-refractivity contribution >= 4 is 17.3 Å². The Morgan fingerprint density at radius 1 is 1.14 bits per heavy atom. The maximum Gasteiger partial charge on any atom is 0.109 e. The van der Waals surface area contributed by atoms with Crippen LogP contribution in [0.4, 0.5) is 0 Å². The molecule has 1 aliphatic heterocycles. The fraction of sp³-hybridized carbons (Fsp3) is 0.278. The molecule has 1 aliphatic rings. The van der Waals surface area contributed by atoms with Gasteiger partial charge in [-0.2, -0.15) is 0 Å². The number of fused-ring (bicyclic) bond motifs is 2. The maximum atomic E-state index is 4.54. The molecule has 2 nitrogen and oxygen atoms in total. The third kappa shape index (κ3) is 2.89. The van der Waals surface area contributed by atoms with Crippen LogP contribution in [0.5, 0.6) is 0 Å². The summed E-state index contributed by atoms with van der Waals surface area (Å²) in [6.45, 7) is 2.25. The molecule has 0 bridgehead atoms. The first-order valence-corrected chi connectivity index (χ1v) is 8.07. The van der Waals surface area contributed by atoms with E-state index in [2.05, 4.69) is 67.3 Å². The lowest BCUT2D eigenvalue weighted by Crippen LogP contribution is -2.23. The van der Waals surface area contributed by atoms with E-state index in [0.29, 0.717) is 6.04 Å². The summed E-state index contributed by atoms with van der Waals surface area (Å²) in [4.78, 5) is 8.10. The Hall–Kier alpha value is -1.58. The summed E-state index contributed by atoms with van der Waals surface area (Å²) in [6, 6.07) is 13.3. The first-order valence-electron chi connectivity index (χ1n) is 7.26. The molecule has 0 amide bonds. The number of hydrogen-bond donors (Lipinski definition) is 0. The molecule has 1 unspecified atom stereocenters. The van der Waals surface area contributed by atoms with Crippen LogP contribution in [0.2, 0.25) is 0 Å². The van der Waals surface area contributed by atoms with Crippen molar-refractivity contribution in [3.8, 4) is 0 Å². The van der Waals surface area contributed by atoms with Gasteiger partial charge in [0.1, 0.15) is 5.03 Å². The van der Waals surface area contributed by atoms with Crippen molar-refractivity contribution in [2.24, 2.45) is 0 Å². The smallest absolute Gasteiger partial charge is 0.109 e. The summed E-state index contributed by atoms with van der Waals surface area (Å²) in [5, 5.41) is 1.11. The van der Waals surface area contributed by atoms with Gasteiger partial charge in [-0.15, -0.1) is 0 Å². The monoisotopic (exact) mass is 296 g/mol. The van der Waals surface area contributed by atoms with E-state index in [9.17, 15) is 0 Å². The highest BCUT2D eigenvalue weighted by Gasteiger charge is 2.21. The van der Waals surface area contributed by atoms with Crippen LogP contribution in [0.1, 0.15) is 24.5 Å². The topological polar surface area (TPSA) is 16.1 Å². The van der Waals surface area contributed by atoms with Crippen molar-refractivity contribution in [3.63, 3.8) is 0 Å². The maximum absolute atomic E-state index is 4.54. The molecular formula is C18H20N2S. The highest BCUT2D eigenvalue weighted by atomic mass is 32.2. The van der Waals surface area contributed by atoms with Crippen LogP contribution in [-0.2, 0) is 0 Å². The molecule has 2 aromatic rings. The van der Waals surface area contributed by atoms with Crippen LogP contribution in [0, 0.1) is 0 Å². The lowest BCUT2D eigenvalue weighted by molar-refractivity contribution is 0.316. The number of aromatic nitrogens is 1. The molecule has 3 rings (SSSR count). The first-order chi connectivity index (χ1) is 10.2. The molecule has 1 aromatic heterocycles. The van der Waals surface area contributed by atoms with Crippen LogP contribution >= 0.6 is 11.8 Å². The molecule has 3 heteroatoms. The molecule has 0 fully saturated rings. The van der Waals surface area contributed by atoms with Gasteiger partial charge in [0.05, 0.1) is 0 Å². The number of pyridine rings is 1. The lowest BCUT2D eigenvalue weighted by Gasteiger charge is -2.23. The van der Waals surface area contributed by atoms with E-state index in [0.717, 1.165) is 11.4 Å². The second kappa shape index (κ2) is 6.04. The van der Waals surface area contributed by atoms with Crippen molar-refractivity contribution in [2.45, 2.75) is 29.3 Å². The van der Waals surface area contributed by atoms with E-state index in [1.165, 1.54) is 21.6 Å². The lowest BCUT2D eigenvalue weighted by atomic mass is 9.96. The van der Waals surface area contributed by atoms with Crippen molar-refractivity contribution in [3.05, 3.63) is 59.8 Å². The predicted octanol–water partition coefficient (Wildman–Crippen LogP) is 4.32. The second-order valence-corrected chi connectivity index (χ2v) is 6.65. The fourth-order valence-corrected chi connectivity index (χ4v) is 3.47. The van der Waals surface area contributed by atoms with Gasteiger partial charge in [0.25, 0.3) is 0 Å². The average Bonchev–Trinajstić information content (AvgIpc) is 2.51. The molecular weight excluding hydrogens is 276 g/mol. The quantitative estimate of drug-likeness (QED) is 0.716. The summed E-state index contributed by atoms with van der Waals surface area (Å²) < 4.78 is 0. The first kappa shape index (κ1) is 14.4. The SMILES string of the molecule is CC(CC=C1c2ccccc2Sc2ncccc21)N(C)C. The Kier molecular flexibility index (Phi) is 4.13. The highest BCUT2D eigenvalue weighted by molar-refractivity contribution is 7.99. The van der Waals surface area contributed by atoms with E-state index in [1.807, 2.05) is 12.3 Å². The van der Waals surface area contributed by atoms with Gasteiger partial charge in [0, 0.05) is 22.7 Å². The van der Waals surface area contributed by atoms with Gasteiger partial charge in [-0.25, -0.2) is 4.98 Å². The minimum atomic E-state index is 0.527. The van der Waals surface area contributed by atoms with Gasteiger partial charge >= 0.3 is 0 Å². The van der Waals surface area contributed by atoms with E-state index in [1.54, 1.807) is 11.8 Å². The van der Waals surface area contributed by atoms with Crippen LogP contribution < -0.4 is 0 Å². The normalized spacial score (nSPS) is 16.7. The largest absolute Gasteiger partial charge is 0.306 e. The predicted molar refractivity (Wildman–Crippen MR) is 89.6 cm³/mol. The van der Waals surface area contributed by atoms with Gasteiger partial charge in [-0.3, -0.25) is 0 Å². The van der Waals surface area contributed by atoms with Crippen molar-refractivity contribution in [1.82, 2.24) is 9.88 Å². The molecule has 21 heavy (non-hydrogen) atoms. The van der Waals surface area contributed by atoms with Crippen LogP contribution in [0.15, 0.2) is 58.6 Å². The Morgan fingerprint density at radius 3 is 2.71 bits per heavy atom. The highest BCUT2D eigenvalue weighted by Crippen LogP contribution is 2.44. The minimum Gasteiger partial charge on any atom is -0.306 e. The van der Waals surface area contributed by atoms with Gasteiger partial charge in [0.15, 0.2) is 0 Å². The zero-order valence-corrected chi connectivity index (χ0v) is 13.5.